The van der Waals surface area contributed by atoms with Crippen LogP contribution in [0.1, 0.15) is 6.92 Å². The van der Waals surface area contributed by atoms with Crippen molar-refractivity contribution >= 4 is 16.5 Å². The summed E-state index contributed by atoms with van der Waals surface area (Å²) in [5.41, 5.74) is 1.10. The normalized spacial score (nSPS) is 19.1. The molecule has 0 saturated heterocycles. The van der Waals surface area contributed by atoms with Crippen LogP contribution in [-0.2, 0) is 0 Å². The maximum absolute atomic E-state index is 5.79. The van der Waals surface area contributed by atoms with Gasteiger partial charge in [-0.15, -0.1) is 0 Å². The van der Waals surface area contributed by atoms with Crippen molar-refractivity contribution in [3.8, 4) is 5.75 Å². The average molecular weight is 199 g/mol. The Morgan fingerprint density at radius 3 is 3.00 bits per heavy atom. The molecule has 1 heterocycles. The van der Waals surface area contributed by atoms with Crippen molar-refractivity contribution in [2.45, 2.75) is 13.0 Å². The lowest BCUT2D eigenvalue weighted by Gasteiger charge is -2.25. The van der Waals surface area contributed by atoms with E-state index in [-0.39, 0.29) is 0 Å². The van der Waals surface area contributed by atoms with Crippen LogP contribution < -0.4 is 10.1 Å². The molecule has 0 radical (unpaired) electrons. The van der Waals surface area contributed by atoms with Gasteiger partial charge >= 0.3 is 0 Å². The van der Waals surface area contributed by atoms with Crippen LogP contribution in [0.3, 0.4) is 0 Å². The molecule has 2 nitrogen and oxygen atoms in total. The zero-order chi connectivity index (χ0) is 10.3. The number of anilines is 1. The van der Waals surface area contributed by atoms with E-state index in [9.17, 15) is 0 Å². The van der Waals surface area contributed by atoms with Gasteiger partial charge in [-0.2, -0.15) is 0 Å². The number of fused-ring (bicyclic) bond motifs is 3. The first kappa shape index (κ1) is 8.60. The monoisotopic (exact) mass is 199 g/mol. The highest BCUT2D eigenvalue weighted by atomic mass is 16.5. The molecular formula is C13H13NO. The van der Waals surface area contributed by atoms with Gasteiger partial charge in [-0.3, -0.25) is 0 Å². The molecule has 1 aliphatic rings. The number of hydrogen-bond donors (Lipinski definition) is 1. The molecule has 2 aromatic rings. The fourth-order valence-corrected chi connectivity index (χ4v) is 2.03. The summed E-state index contributed by atoms with van der Waals surface area (Å²) in [6.07, 6.45) is 0. The Labute approximate surface area is 88.9 Å². The van der Waals surface area contributed by atoms with Gasteiger partial charge in [-0.25, -0.2) is 0 Å². The summed E-state index contributed by atoms with van der Waals surface area (Å²) in [6, 6.07) is 12.9. The second kappa shape index (κ2) is 3.16. The minimum Gasteiger partial charge on any atom is -0.489 e. The van der Waals surface area contributed by atoms with E-state index in [1.165, 1.54) is 10.8 Å². The van der Waals surface area contributed by atoms with E-state index < -0.39 is 0 Å². The molecule has 1 unspecified atom stereocenters. The van der Waals surface area contributed by atoms with E-state index in [2.05, 4.69) is 36.5 Å². The van der Waals surface area contributed by atoms with Crippen LogP contribution in [0.25, 0.3) is 10.8 Å². The van der Waals surface area contributed by atoms with E-state index >= 15 is 0 Å². The van der Waals surface area contributed by atoms with Gasteiger partial charge in [0.05, 0.1) is 11.7 Å². The van der Waals surface area contributed by atoms with Crippen LogP contribution in [0.15, 0.2) is 36.4 Å². The highest BCUT2D eigenvalue weighted by molar-refractivity contribution is 5.93. The van der Waals surface area contributed by atoms with Gasteiger partial charge in [0, 0.05) is 5.39 Å². The topological polar surface area (TPSA) is 21.3 Å². The highest BCUT2D eigenvalue weighted by Crippen LogP contribution is 2.36. The number of rotatable bonds is 0. The maximum Gasteiger partial charge on any atom is 0.150 e. The Hall–Kier alpha value is -1.70. The van der Waals surface area contributed by atoms with E-state index in [1.54, 1.807) is 0 Å². The zero-order valence-electron chi connectivity index (χ0n) is 8.66. The Kier molecular flexibility index (Phi) is 1.81. The molecule has 0 amide bonds. The third-order valence-electron chi connectivity index (χ3n) is 2.76. The lowest BCUT2D eigenvalue weighted by molar-refractivity contribution is 0.295. The minimum absolute atomic E-state index is 0.388. The van der Waals surface area contributed by atoms with Gasteiger partial charge in [0.15, 0.2) is 0 Å². The van der Waals surface area contributed by atoms with E-state index in [0.717, 1.165) is 18.0 Å². The van der Waals surface area contributed by atoms with Gasteiger partial charge in [-0.05, 0) is 18.4 Å². The largest absolute Gasteiger partial charge is 0.489 e. The van der Waals surface area contributed by atoms with Gasteiger partial charge < -0.3 is 10.1 Å². The summed E-state index contributed by atoms with van der Waals surface area (Å²) in [5, 5.41) is 5.85. The number of benzene rings is 2. The lowest BCUT2D eigenvalue weighted by Crippen LogP contribution is -2.28. The van der Waals surface area contributed by atoms with Gasteiger partial charge in [-0.1, -0.05) is 30.3 Å². The molecule has 0 bridgehead atoms. The highest BCUT2D eigenvalue weighted by Gasteiger charge is 2.16. The molecule has 15 heavy (non-hydrogen) atoms. The molecule has 0 spiro atoms. The van der Waals surface area contributed by atoms with Crippen LogP contribution in [-0.4, -0.2) is 12.6 Å². The molecule has 2 heteroatoms. The lowest BCUT2D eigenvalue weighted by atomic mass is 10.1. The first-order valence-corrected chi connectivity index (χ1v) is 5.26. The SMILES string of the molecule is CC1COc2c(ccc3ccccc23)N1. The molecule has 0 aliphatic carbocycles. The summed E-state index contributed by atoms with van der Waals surface area (Å²) < 4.78 is 5.79. The number of hydrogen-bond acceptors (Lipinski definition) is 2. The summed E-state index contributed by atoms with van der Waals surface area (Å²) in [5.74, 6) is 0.992. The Morgan fingerprint density at radius 1 is 1.20 bits per heavy atom. The maximum atomic E-state index is 5.79. The molecule has 2 aromatic carbocycles. The standard InChI is InChI=1S/C13H13NO/c1-9-8-15-13-11-5-3-2-4-10(11)6-7-12(13)14-9/h2-7,9,14H,8H2,1H3. The Balaban J connectivity index is 2.25. The van der Waals surface area contributed by atoms with E-state index in [4.69, 9.17) is 4.74 Å². The van der Waals surface area contributed by atoms with Crippen molar-refractivity contribution in [3.05, 3.63) is 36.4 Å². The summed E-state index contributed by atoms with van der Waals surface area (Å²) in [6.45, 7) is 2.86. The molecule has 1 N–H and O–H groups in total. The number of ether oxygens (including phenoxy) is 1. The molecule has 0 aromatic heterocycles. The van der Waals surface area contributed by atoms with Crippen LogP contribution in [0, 0.1) is 0 Å². The van der Waals surface area contributed by atoms with Crippen LogP contribution >= 0.6 is 0 Å². The summed E-state index contributed by atoms with van der Waals surface area (Å²) in [7, 11) is 0. The predicted molar refractivity (Wildman–Crippen MR) is 62.5 cm³/mol. The van der Waals surface area contributed by atoms with Gasteiger partial charge in [0.1, 0.15) is 12.4 Å². The number of nitrogens with one attached hydrogen (secondary N) is 1. The van der Waals surface area contributed by atoms with Crippen LogP contribution in [0.2, 0.25) is 0 Å². The van der Waals surface area contributed by atoms with Crippen molar-refractivity contribution in [2.75, 3.05) is 11.9 Å². The molecule has 76 valence electrons. The molecular weight excluding hydrogens is 186 g/mol. The van der Waals surface area contributed by atoms with Crippen LogP contribution in [0.5, 0.6) is 5.75 Å². The minimum atomic E-state index is 0.388. The first-order chi connectivity index (χ1) is 7.34. The third-order valence-corrected chi connectivity index (χ3v) is 2.76. The fraction of sp³-hybridized carbons (Fsp3) is 0.231. The molecule has 0 fully saturated rings. The quantitative estimate of drug-likeness (QED) is 0.704. The smallest absolute Gasteiger partial charge is 0.150 e. The molecule has 3 rings (SSSR count). The van der Waals surface area contributed by atoms with Gasteiger partial charge in [0.2, 0.25) is 0 Å². The zero-order valence-corrected chi connectivity index (χ0v) is 8.66. The summed E-state index contributed by atoms with van der Waals surface area (Å²) in [4.78, 5) is 0. The van der Waals surface area contributed by atoms with Gasteiger partial charge in [0.25, 0.3) is 0 Å². The molecule has 1 atom stereocenters. The van der Waals surface area contributed by atoms with E-state index in [0.29, 0.717) is 6.04 Å². The van der Waals surface area contributed by atoms with Crippen molar-refractivity contribution in [3.63, 3.8) is 0 Å². The Morgan fingerprint density at radius 2 is 2.07 bits per heavy atom. The average Bonchev–Trinajstić information content (AvgIpc) is 2.28. The molecule has 0 saturated carbocycles. The van der Waals surface area contributed by atoms with Crippen molar-refractivity contribution in [1.82, 2.24) is 0 Å². The predicted octanol–water partition coefficient (Wildman–Crippen LogP) is 3.03. The van der Waals surface area contributed by atoms with Crippen LogP contribution in [0.4, 0.5) is 5.69 Å². The second-order valence-electron chi connectivity index (χ2n) is 4.02. The fourth-order valence-electron chi connectivity index (χ4n) is 2.03. The third kappa shape index (κ3) is 1.33. The Bertz CT molecular complexity index is 507. The van der Waals surface area contributed by atoms with Crippen molar-refractivity contribution in [1.29, 1.82) is 0 Å². The van der Waals surface area contributed by atoms with Crippen molar-refractivity contribution in [2.24, 2.45) is 0 Å². The second-order valence-corrected chi connectivity index (χ2v) is 4.02. The first-order valence-electron chi connectivity index (χ1n) is 5.26. The summed E-state index contributed by atoms with van der Waals surface area (Å²) >= 11 is 0. The van der Waals surface area contributed by atoms with E-state index in [1.807, 2.05) is 12.1 Å². The molecule has 1 aliphatic heterocycles. The van der Waals surface area contributed by atoms with Crippen molar-refractivity contribution < 1.29 is 4.74 Å².